The number of aromatic nitrogens is 2. The SMILES string of the molecule is Cc1ccc(NS(=O)(=O)c2cccc(C(=O)OCCCn3cccn3)c2)cc1. The van der Waals surface area contributed by atoms with Crippen LogP contribution in [-0.2, 0) is 21.3 Å². The van der Waals surface area contributed by atoms with Crippen molar-refractivity contribution in [1.29, 1.82) is 0 Å². The second-order valence-electron chi connectivity index (χ2n) is 6.26. The number of nitrogens with zero attached hydrogens (tertiary/aromatic N) is 2. The molecule has 8 heteroatoms. The summed E-state index contributed by atoms with van der Waals surface area (Å²) in [6, 6.07) is 14.6. The monoisotopic (exact) mass is 399 g/mol. The maximum atomic E-state index is 12.6. The van der Waals surface area contributed by atoms with Gasteiger partial charge in [-0.15, -0.1) is 0 Å². The zero-order valence-electron chi connectivity index (χ0n) is 15.4. The molecule has 0 saturated carbocycles. The Labute approximate surface area is 164 Å². The third kappa shape index (κ3) is 5.20. The van der Waals surface area contributed by atoms with Gasteiger partial charge in [-0.2, -0.15) is 5.10 Å². The first-order valence-electron chi connectivity index (χ1n) is 8.78. The van der Waals surface area contributed by atoms with E-state index in [1.54, 1.807) is 23.0 Å². The van der Waals surface area contributed by atoms with Crippen molar-refractivity contribution < 1.29 is 17.9 Å². The standard InChI is InChI=1S/C20H21N3O4S/c1-16-7-9-18(10-8-16)22-28(25,26)19-6-2-5-17(15-19)20(24)27-14-4-13-23-12-3-11-21-23/h2-3,5-12,15,22H,4,13-14H2,1H3. The van der Waals surface area contributed by atoms with Gasteiger partial charge in [0.1, 0.15) is 0 Å². The number of sulfonamides is 1. The fraction of sp³-hybridized carbons (Fsp3) is 0.200. The molecule has 0 spiro atoms. The molecule has 3 aromatic rings. The van der Waals surface area contributed by atoms with Crippen LogP contribution in [0.15, 0.2) is 71.9 Å². The molecule has 0 unspecified atom stereocenters. The molecule has 0 amide bonds. The lowest BCUT2D eigenvalue weighted by atomic mass is 10.2. The molecule has 0 aliphatic carbocycles. The Morgan fingerprint density at radius 2 is 1.93 bits per heavy atom. The Kier molecular flexibility index (Phi) is 6.10. The number of ether oxygens (including phenoxy) is 1. The van der Waals surface area contributed by atoms with E-state index in [2.05, 4.69) is 9.82 Å². The number of hydrogen-bond acceptors (Lipinski definition) is 5. The smallest absolute Gasteiger partial charge is 0.338 e. The Morgan fingerprint density at radius 3 is 2.64 bits per heavy atom. The molecule has 0 saturated heterocycles. The fourth-order valence-corrected chi connectivity index (χ4v) is 3.64. The molecule has 0 radical (unpaired) electrons. The zero-order chi connectivity index (χ0) is 20.0. The Hall–Kier alpha value is -3.13. The number of hydrogen-bond donors (Lipinski definition) is 1. The topological polar surface area (TPSA) is 90.3 Å². The van der Waals surface area contributed by atoms with E-state index in [0.717, 1.165) is 5.56 Å². The number of aryl methyl sites for hydroxylation is 2. The van der Waals surface area contributed by atoms with E-state index >= 15 is 0 Å². The van der Waals surface area contributed by atoms with Crippen molar-refractivity contribution in [1.82, 2.24) is 9.78 Å². The summed E-state index contributed by atoms with van der Waals surface area (Å²) in [6.07, 6.45) is 4.13. The summed E-state index contributed by atoms with van der Waals surface area (Å²) >= 11 is 0. The van der Waals surface area contributed by atoms with Gasteiger partial charge in [-0.1, -0.05) is 23.8 Å². The first-order valence-corrected chi connectivity index (χ1v) is 10.3. The van der Waals surface area contributed by atoms with E-state index in [9.17, 15) is 13.2 Å². The zero-order valence-corrected chi connectivity index (χ0v) is 16.2. The minimum atomic E-state index is -3.81. The third-order valence-electron chi connectivity index (χ3n) is 4.01. The highest BCUT2D eigenvalue weighted by molar-refractivity contribution is 7.92. The van der Waals surface area contributed by atoms with E-state index in [4.69, 9.17) is 4.74 Å². The van der Waals surface area contributed by atoms with Gasteiger partial charge in [-0.3, -0.25) is 9.40 Å². The molecule has 1 heterocycles. The molecule has 3 rings (SSSR count). The molecular weight excluding hydrogens is 378 g/mol. The lowest BCUT2D eigenvalue weighted by Gasteiger charge is -2.10. The van der Waals surface area contributed by atoms with Gasteiger partial charge in [-0.25, -0.2) is 13.2 Å². The molecule has 0 aliphatic rings. The largest absolute Gasteiger partial charge is 0.462 e. The van der Waals surface area contributed by atoms with Gasteiger partial charge in [0.25, 0.3) is 10.0 Å². The van der Waals surface area contributed by atoms with Crippen molar-refractivity contribution in [2.45, 2.75) is 24.8 Å². The molecule has 7 nitrogen and oxygen atoms in total. The van der Waals surface area contributed by atoms with Crippen molar-refractivity contribution >= 4 is 21.7 Å². The minimum Gasteiger partial charge on any atom is -0.462 e. The van der Waals surface area contributed by atoms with Crippen molar-refractivity contribution in [3.8, 4) is 0 Å². The van der Waals surface area contributed by atoms with Gasteiger partial charge < -0.3 is 4.74 Å². The number of benzene rings is 2. The highest BCUT2D eigenvalue weighted by atomic mass is 32.2. The van der Waals surface area contributed by atoms with Crippen LogP contribution < -0.4 is 4.72 Å². The summed E-state index contributed by atoms with van der Waals surface area (Å²) in [5.41, 5.74) is 1.67. The Balaban J connectivity index is 1.61. The van der Waals surface area contributed by atoms with Gasteiger partial charge in [-0.05, 0) is 43.3 Å². The van der Waals surface area contributed by atoms with Gasteiger partial charge in [0.15, 0.2) is 0 Å². The van der Waals surface area contributed by atoms with Crippen molar-refractivity contribution in [2.24, 2.45) is 0 Å². The van der Waals surface area contributed by atoms with Gasteiger partial charge in [0.2, 0.25) is 0 Å². The summed E-state index contributed by atoms with van der Waals surface area (Å²) in [7, 11) is -3.81. The predicted octanol–water partition coefficient (Wildman–Crippen LogP) is 3.24. The average Bonchev–Trinajstić information content (AvgIpc) is 3.20. The normalized spacial score (nSPS) is 11.2. The molecule has 28 heavy (non-hydrogen) atoms. The molecule has 1 N–H and O–H groups in total. The van der Waals surface area contributed by atoms with Gasteiger partial charge in [0, 0.05) is 31.0 Å². The summed E-state index contributed by atoms with van der Waals surface area (Å²) in [5, 5.41) is 4.07. The van der Waals surface area contributed by atoms with Crippen LogP contribution in [0, 0.1) is 6.92 Å². The molecule has 0 bridgehead atoms. The number of esters is 1. The first kappa shape index (κ1) is 19.6. The second kappa shape index (κ2) is 8.71. The molecule has 1 aromatic heterocycles. The van der Waals surface area contributed by atoms with Crippen LogP contribution in [0.1, 0.15) is 22.3 Å². The lowest BCUT2D eigenvalue weighted by Crippen LogP contribution is -2.14. The van der Waals surface area contributed by atoms with E-state index in [1.807, 2.05) is 31.3 Å². The minimum absolute atomic E-state index is 0.000865. The molecule has 0 fully saturated rings. The summed E-state index contributed by atoms with van der Waals surface area (Å²) in [6.45, 7) is 2.77. The summed E-state index contributed by atoms with van der Waals surface area (Å²) in [5.74, 6) is -0.562. The third-order valence-corrected chi connectivity index (χ3v) is 5.39. The molecule has 146 valence electrons. The highest BCUT2D eigenvalue weighted by Gasteiger charge is 2.17. The fourth-order valence-electron chi connectivity index (χ4n) is 2.53. The van der Waals surface area contributed by atoms with Crippen molar-refractivity contribution in [3.63, 3.8) is 0 Å². The summed E-state index contributed by atoms with van der Waals surface area (Å²) < 4.78 is 34.6. The predicted molar refractivity (Wildman–Crippen MR) is 106 cm³/mol. The molecular formula is C20H21N3O4S. The Bertz CT molecular complexity index is 1030. The maximum absolute atomic E-state index is 12.6. The number of carbonyl (C=O) groups excluding carboxylic acids is 1. The lowest BCUT2D eigenvalue weighted by molar-refractivity contribution is 0.0494. The van der Waals surface area contributed by atoms with Crippen LogP contribution in [-0.4, -0.2) is 30.8 Å². The van der Waals surface area contributed by atoms with Crippen molar-refractivity contribution in [2.75, 3.05) is 11.3 Å². The maximum Gasteiger partial charge on any atom is 0.338 e. The summed E-state index contributed by atoms with van der Waals surface area (Å²) in [4.78, 5) is 12.2. The Morgan fingerprint density at radius 1 is 1.14 bits per heavy atom. The van der Waals surface area contributed by atoms with Crippen LogP contribution in [0.4, 0.5) is 5.69 Å². The molecule has 2 aromatic carbocycles. The van der Waals surface area contributed by atoms with Crippen LogP contribution in [0.5, 0.6) is 0 Å². The van der Waals surface area contributed by atoms with Crippen molar-refractivity contribution in [3.05, 3.63) is 78.1 Å². The van der Waals surface area contributed by atoms with Crippen LogP contribution in [0.2, 0.25) is 0 Å². The number of nitrogens with one attached hydrogen (secondary N) is 1. The first-order chi connectivity index (χ1) is 13.4. The van der Waals surface area contributed by atoms with E-state index in [1.165, 1.54) is 24.3 Å². The number of anilines is 1. The van der Waals surface area contributed by atoms with Crippen LogP contribution in [0.3, 0.4) is 0 Å². The molecule has 0 atom stereocenters. The number of rotatable bonds is 8. The highest BCUT2D eigenvalue weighted by Crippen LogP contribution is 2.18. The van der Waals surface area contributed by atoms with Crippen LogP contribution in [0.25, 0.3) is 0 Å². The van der Waals surface area contributed by atoms with E-state index in [-0.39, 0.29) is 17.1 Å². The second-order valence-corrected chi connectivity index (χ2v) is 7.94. The van der Waals surface area contributed by atoms with Crippen LogP contribution >= 0.6 is 0 Å². The molecule has 0 aliphatic heterocycles. The van der Waals surface area contributed by atoms with Gasteiger partial charge in [0.05, 0.1) is 17.1 Å². The van der Waals surface area contributed by atoms with E-state index in [0.29, 0.717) is 18.7 Å². The quantitative estimate of drug-likeness (QED) is 0.464. The van der Waals surface area contributed by atoms with Gasteiger partial charge >= 0.3 is 5.97 Å². The number of carbonyl (C=O) groups is 1. The van der Waals surface area contributed by atoms with E-state index < -0.39 is 16.0 Å². The average molecular weight is 399 g/mol.